The number of hydrazone groups is 1. The first-order valence-corrected chi connectivity index (χ1v) is 8.63. The largest absolute Gasteiger partial charge is 0.546 e. The number of para-hydroxylation sites is 1. The molecule has 0 fully saturated rings. The highest BCUT2D eigenvalue weighted by atomic mass is 35.5. The quantitative estimate of drug-likeness (QED) is 0.408. The van der Waals surface area contributed by atoms with Crippen molar-refractivity contribution in [1.82, 2.24) is 5.43 Å². The number of carboxylic acids is 1. The highest BCUT2D eigenvalue weighted by molar-refractivity contribution is 6.39. The zero-order valence-corrected chi connectivity index (χ0v) is 15.7. The molecule has 0 aromatic heterocycles. The van der Waals surface area contributed by atoms with Gasteiger partial charge in [0.15, 0.2) is 0 Å². The number of carbonyl (C=O) groups is 3. The molecular formula is C19H17ClN3O5-. The molecule has 0 radical (unpaired) electrons. The maximum absolute atomic E-state index is 12.0. The summed E-state index contributed by atoms with van der Waals surface area (Å²) in [6, 6.07) is 11.6. The number of amides is 2. The molecule has 9 heteroatoms. The van der Waals surface area contributed by atoms with Crippen LogP contribution in [0.3, 0.4) is 0 Å². The number of carboxylic acid groups (broad SMARTS) is 1. The lowest BCUT2D eigenvalue weighted by Gasteiger charge is -2.09. The van der Waals surface area contributed by atoms with Crippen molar-refractivity contribution >= 4 is 41.3 Å². The van der Waals surface area contributed by atoms with E-state index >= 15 is 0 Å². The molecule has 0 aliphatic rings. The Morgan fingerprint density at radius 1 is 1.18 bits per heavy atom. The lowest BCUT2D eigenvalue weighted by Crippen LogP contribution is -2.32. The van der Waals surface area contributed by atoms with Gasteiger partial charge in [-0.2, -0.15) is 5.10 Å². The van der Waals surface area contributed by atoms with E-state index in [4.69, 9.17) is 16.3 Å². The minimum absolute atomic E-state index is 0.158. The number of ether oxygens (including phenoxy) is 1. The number of carbonyl (C=O) groups excluding carboxylic acids is 3. The van der Waals surface area contributed by atoms with Crippen LogP contribution in [-0.2, 0) is 20.8 Å². The predicted octanol–water partition coefficient (Wildman–Crippen LogP) is 1.12. The van der Waals surface area contributed by atoms with Crippen molar-refractivity contribution < 1.29 is 24.2 Å². The average molecular weight is 403 g/mol. The first-order chi connectivity index (χ1) is 13.4. The molecule has 2 aromatic rings. The van der Waals surface area contributed by atoms with Gasteiger partial charge in [0.05, 0.1) is 17.2 Å². The molecular weight excluding hydrogens is 386 g/mol. The van der Waals surface area contributed by atoms with Crippen molar-refractivity contribution in [2.24, 2.45) is 5.10 Å². The fourth-order valence-electron chi connectivity index (χ4n) is 2.20. The van der Waals surface area contributed by atoms with Crippen LogP contribution >= 0.6 is 11.6 Å². The normalized spacial score (nSPS) is 10.5. The van der Waals surface area contributed by atoms with Crippen molar-refractivity contribution in [3.05, 3.63) is 58.6 Å². The summed E-state index contributed by atoms with van der Waals surface area (Å²) >= 11 is 5.97. The van der Waals surface area contributed by atoms with Crippen LogP contribution in [0, 0.1) is 0 Å². The Hall–Kier alpha value is -3.39. The first kappa shape index (κ1) is 20.9. The molecule has 0 heterocycles. The van der Waals surface area contributed by atoms with Gasteiger partial charge in [-0.15, -0.1) is 0 Å². The number of hydrogen-bond donors (Lipinski definition) is 2. The van der Waals surface area contributed by atoms with E-state index in [1.165, 1.54) is 18.3 Å². The molecule has 2 aromatic carbocycles. The molecule has 0 bridgehead atoms. The molecule has 0 atom stereocenters. The second kappa shape index (κ2) is 10.1. The Morgan fingerprint density at radius 2 is 1.93 bits per heavy atom. The average Bonchev–Trinajstić information content (AvgIpc) is 2.67. The zero-order valence-electron chi connectivity index (χ0n) is 14.9. The maximum Gasteiger partial charge on any atom is 0.329 e. The Labute approximate surface area is 166 Å². The van der Waals surface area contributed by atoms with Crippen LogP contribution in [0.25, 0.3) is 0 Å². The number of halogens is 1. The van der Waals surface area contributed by atoms with Gasteiger partial charge in [-0.3, -0.25) is 9.59 Å². The lowest BCUT2D eigenvalue weighted by atomic mass is 10.1. The van der Waals surface area contributed by atoms with E-state index in [1.807, 2.05) is 19.1 Å². The Bertz CT molecular complexity index is 914. The summed E-state index contributed by atoms with van der Waals surface area (Å²) in [6.07, 6.45) is 1.99. The van der Waals surface area contributed by atoms with E-state index < -0.39 is 24.4 Å². The highest BCUT2D eigenvalue weighted by Crippen LogP contribution is 2.24. The van der Waals surface area contributed by atoms with Crippen LogP contribution in [0.1, 0.15) is 18.1 Å². The van der Waals surface area contributed by atoms with Crippen molar-refractivity contribution in [3.8, 4) is 5.75 Å². The van der Waals surface area contributed by atoms with Crippen LogP contribution in [0.5, 0.6) is 5.75 Å². The van der Waals surface area contributed by atoms with Gasteiger partial charge in [-0.1, -0.05) is 36.7 Å². The van der Waals surface area contributed by atoms with Crippen molar-refractivity contribution in [3.63, 3.8) is 0 Å². The number of nitrogens with zero attached hydrogens (tertiary/aromatic N) is 1. The monoisotopic (exact) mass is 402 g/mol. The standard InChI is InChI=1S/C19H18ClN3O5/c1-2-13-5-3-4-6-15(13)22-18(26)19(27)23-21-10-12-7-8-16(14(20)9-12)28-11-17(24)25/h3-10H,2,11H2,1H3,(H,22,26)(H,23,27)(H,24,25)/p-1/b21-10-. The number of anilines is 1. The second-order valence-corrected chi connectivity index (χ2v) is 5.92. The fraction of sp³-hybridized carbons (Fsp3) is 0.158. The fourth-order valence-corrected chi connectivity index (χ4v) is 2.44. The van der Waals surface area contributed by atoms with Crippen LogP contribution in [0.2, 0.25) is 5.02 Å². The third-order valence-corrected chi connectivity index (χ3v) is 3.83. The summed E-state index contributed by atoms with van der Waals surface area (Å²) in [5.74, 6) is -2.98. The van der Waals surface area contributed by atoms with E-state index in [9.17, 15) is 19.5 Å². The number of hydrogen-bond acceptors (Lipinski definition) is 6. The summed E-state index contributed by atoms with van der Waals surface area (Å²) in [5.41, 5.74) is 4.09. The van der Waals surface area contributed by atoms with Crippen molar-refractivity contribution in [1.29, 1.82) is 0 Å². The molecule has 0 saturated heterocycles. The van der Waals surface area contributed by atoms with Crippen molar-refractivity contribution in [2.75, 3.05) is 11.9 Å². The minimum Gasteiger partial charge on any atom is -0.546 e. The summed E-state index contributed by atoms with van der Waals surface area (Å²) < 4.78 is 4.94. The first-order valence-electron chi connectivity index (χ1n) is 8.25. The molecule has 0 spiro atoms. The zero-order chi connectivity index (χ0) is 20.5. The molecule has 0 saturated carbocycles. The molecule has 146 valence electrons. The van der Waals surface area contributed by atoms with Crippen LogP contribution in [0.4, 0.5) is 5.69 Å². The Kier molecular flexibility index (Phi) is 7.53. The van der Waals surface area contributed by atoms with E-state index in [0.29, 0.717) is 17.7 Å². The smallest absolute Gasteiger partial charge is 0.329 e. The number of nitrogens with one attached hydrogen (secondary N) is 2. The van der Waals surface area contributed by atoms with Crippen LogP contribution < -0.4 is 20.6 Å². The summed E-state index contributed by atoms with van der Waals surface area (Å²) in [7, 11) is 0. The molecule has 0 aliphatic heterocycles. The van der Waals surface area contributed by atoms with Gasteiger partial charge in [0.25, 0.3) is 0 Å². The van der Waals surface area contributed by atoms with Gasteiger partial charge in [0, 0.05) is 5.69 Å². The number of aryl methyl sites for hydroxylation is 1. The Balaban J connectivity index is 1.92. The third-order valence-electron chi connectivity index (χ3n) is 3.53. The highest BCUT2D eigenvalue weighted by Gasteiger charge is 2.14. The van der Waals surface area contributed by atoms with Gasteiger partial charge in [0.1, 0.15) is 12.4 Å². The van der Waals surface area contributed by atoms with Gasteiger partial charge < -0.3 is 20.0 Å². The van der Waals surface area contributed by atoms with Gasteiger partial charge in [0.2, 0.25) is 0 Å². The molecule has 2 N–H and O–H groups in total. The van der Waals surface area contributed by atoms with Crippen molar-refractivity contribution in [2.45, 2.75) is 13.3 Å². The third kappa shape index (κ3) is 6.10. The van der Waals surface area contributed by atoms with Gasteiger partial charge in [-0.25, -0.2) is 5.43 Å². The Morgan fingerprint density at radius 3 is 2.61 bits per heavy atom. The molecule has 8 nitrogen and oxygen atoms in total. The van der Waals surface area contributed by atoms with E-state index in [2.05, 4.69) is 15.8 Å². The second-order valence-electron chi connectivity index (χ2n) is 5.51. The minimum atomic E-state index is -1.37. The van der Waals surface area contributed by atoms with Gasteiger partial charge in [-0.05, 0) is 41.8 Å². The van der Waals surface area contributed by atoms with Crippen LogP contribution in [0.15, 0.2) is 47.6 Å². The number of benzene rings is 2. The molecule has 0 aliphatic carbocycles. The van der Waals surface area contributed by atoms with E-state index in [1.54, 1.807) is 18.2 Å². The van der Waals surface area contributed by atoms with Crippen LogP contribution in [-0.4, -0.2) is 30.6 Å². The number of rotatable bonds is 7. The number of aliphatic carboxylic acids is 1. The summed E-state index contributed by atoms with van der Waals surface area (Å²) in [4.78, 5) is 34.2. The SMILES string of the molecule is CCc1ccccc1NC(=O)C(=O)N/N=C\c1ccc(OCC(=O)[O-])c(Cl)c1. The summed E-state index contributed by atoms with van der Waals surface area (Å²) in [6.45, 7) is 1.31. The molecule has 0 unspecified atom stereocenters. The summed E-state index contributed by atoms with van der Waals surface area (Å²) in [5, 5.41) is 16.8. The van der Waals surface area contributed by atoms with E-state index in [-0.39, 0.29) is 10.8 Å². The molecule has 2 amide bonds. The predicted molar refractivity (Wildman–Crippen MR) is 102 cm³/mol. The maximum atomic E-state index is 12.0. The topological polar surface area (TPSA) is 120 Å². The molecule has 2 rings (SSSR count). The van der Waals surface area contributed by atoms with Gasteiger partial charge >= 0.3 is 11.8 Å². The molecule has 28 heavy (non-hydrogen) atoms. The van der Waals surface area contributed by atoms with E-state index in [0.717, 1.165) is 5.56 Å². The lowest BCUT2D eigenvalue weighted by molar-refractivity contribution is -0.307.